The second-order valence-electron chi connectivity index (χ2n) is 4.63. The van der Waals surface area contributed by atoms with Crippen molar-refractivity contribution in [2.24, 2.45) is 11.8 Å². The predicted molar refractivity (Wildman–Crippen MR) is 65.9 cm³/mol. The highest BCUT2D eigenvalue weighted by Gasteiger charge is 2.23. The van der Waals surface area contributed by atoms with E-state index in [0.29, 0.717) is 6.42 Å². The number of ketones is 1. The van der Waals surface area contributed by atoms with Crippen molar-refractivity contribution in [3.8, 4) is 6.07 Å². The van der Waals surface area contributed by atoms with Gasteiger partial charge in [-0.05, 0) is 18.4 Å². The molecule has 1 aromatic carbocycles. The number of nitro groups is 1. The monoisotopic (exact) mass is 264 g/mol. The SMILES string of the molecule is CC(C)CC(C#N)C(=O)c1cc(F)cc([N+](=O)[O-])c1. The summed E-state index contributed by atoms with van der Waals surface area (Å²) in [5.41, 5.74) is -0.636. The lowest BCUT2D eigenvalue weighted by Crippen LogP contribution is -2.15. The van der Waals surface area contributed by atoms with Gasteiger partial charge in [-0.3, -0.25) is 14.9 Å². The first-order chi connectivity index (χ1) is 8.85. The van der Waals surface area contributed by atoms with Gasteiger partial charge in [-0.25, -0.2) is 4.39 Å². The molecule has 1 unspecified atom stereocenters. The van der Waals surface area contributed by atoms with E-state index in [0.717, 1.165) is 18.2 Å². The molecule has 1 atom stereocenters. The molecule has 0 saturated carbocycles. The van der Waals surface area contributed by atoms with E-state index >= 15 is 0 Å². The molecule has 0 aliphatic carbocycles. The number of carbonyl (C=O) groups is 1. The lowest BCUT2D eigenvalue weighted by Gasteiger charge is -2.10. The molecule has 0 fully saturated rings. The number of hydrogen-bond acceptors (Lipinski definition) is 4. The Morgan fingerprint density at radius 3 is 2.58 bits per heavy atom. The highest BCUT2D eigenvalue weighted by molar-refractivity contribution is 5.99. The van der Waals surface area contributed by atoms with Crippen molar-refractivity contribution < 1.29 is 14.1 Å². The fourth-order valence-corrected chi connectivity index (χ4v) is 1.71. The molecule has 0 bridgehead atoms. The highest BCUT2D eigenvalue weighted by atomic mass is 19.1. The van der Waals surface area contributed by atoms with Crippen LogP contribution in [0.5, 0.6) is 0 Å². The molecular weight excluding hydrogens is 251 g/mol. The molecule has 6 heteroatoms. The number of halogens is 1. The molecule has 0 radical (unpaired) electrons. The lowest BCUT2D eigenvalue weighted by molar-refractivity contribution is -0.385. The Bertz CT molecular complexity index is 549. The van der Waals surface area contributed by atoms with Gasteiger partial charge in [-0.2, -0.15) is 5.26 Å². The molecule has 0 aromatic heterocycles. The van der Waals surface area contributed by atoms with E-state index in [9.17, 15) is 19.3 Å². The van der Waals surface area contributed by atoms with Crippen LogP contribution < -0.4 is 0 Å². The zero-order valence-corrected chi connectivity index (χ0v) is 10.6. The molecule has 0 saturated heterocycles. The van der Waals surface area contributed by atoms with Crippen LogP contribution in [0.2, 0.25) is 0 Å². The van der Waals surface area contributed by atoms with Crippen molar-refractivity contribution in [3.05, 3.63) is 39.7 Å². The molecule has 1 rings (SSSR count). The van der Waals surface area contributed by atoms with Crippen molar-refractivity contribution in [1.82, 2.24) is 0 Å². The first-order valence-corrected chi connectivity index (χ1v) is 5.74. The van der Waals surface area contributed by atoms with E-state index in [-0.39, 0.29) is 11.5 Å². The van der Waals surface area contributed by atoms with Crippen molar-refractivity contribution in [1.29, 1.82) is 5.26 Å². The van der Waals surface area contributed by atoms with E-state index in [2.05, 4.69) is 0 Å². The third-order valence-corrected chi connectivity index (χ3v) is 2.56. The largest absolute Gasteiger partial charge is 0.293 e. The minimum absolute atomic E-state index is 0.122. The Kier molecular flexibility index (Phi) is 4.70. The number of nitro benzene ring substituents is 1. The number of nitriles is 1. The number of rotatable bonds is 5. The van der Waals surface area contributed by atoms with Crippen LogP contribution in [0.15, 0.2) is 18.2 Å². The number of nitrogens with zero attached hydrogens (tertiary/aromatic N) is 2. The topological polar surface area (TPSA) is 84.0 Å². The molecule has 0 spiro atoms. The van der Waals surface area contributed by atoms with Gasteiger partial charge >= 0.3 is 0 Å². The zero-order chi connectivity index (χ0) is 14.6. The molecule has 100 valence electrons. The third-order valence-electron chi connectivity index (χ3n) is 2.56. The molecule has 0 aliphatic heterocycles. The zero-order valence-electron chi connectivity index (χ0n) is 10.6. The maximum Gasteiger partial charge on any atom is 0.273 e. The summed E-state index contributed by atoms with van der Waals surface area (Å²) >= 11 is 0. The van der Waals surface area contributed by atoms with E-state index in [1.807, 2.05) is 19.9 Å². The van der Waals surface area contributed by atoms with Gasteiger partial charge in [0, 0.05) is 11.6 Å². The Hall–Kier alpha value is -2.29. The van der Waals surface area contributed by atoms with Crippen molar-refractivity contribution in [2.75, 3.05) is 0 Å². The standard InChI is InChI=1S/C13H13FN2O3/c1-8(2)3-10(7-15)13(17)9-4-11(14)6-12(5-9)16(18)19/h4-6,8,10H,3H2,1-2H3. The average Bonchev–Trinajstić information content (AvgIpc) is 2.34. The maximum absolute atomic E-state index is 13.2. The highest BCUT2D eigenvalue weighted by Crippen LogP contribution is 2.21. The van der Waals surface area contributed by atoms with E-state index in [4.69, 9.17) is 5.26 Å². The van der Waals surface area contributed by atoms with Gasteiger partial charge in [-0.1, -0.05) is 13.8 Å². The van der Waals surface area contributed by atoms with Gasteiger partial charge in [0.2, 0.25) is 0 Å². The summed E-state index contributed by atoms with van der Waals surface area (Å²) < 4.78 is 13.2. The summed E-state index contributed by atoms with van der Waals surface area (Å²) in [4.78, 5) is 21.9. The Labute approximate surface area is 109 Å². The fourth-order valence-electron chi connectivity index (χ4n) is 1.71. The summed E-state index contributed by atoms with van der Waals surface area (Å²) in [5.74, 6) is -2.24. The average molecular weight is 264 g/mol. The normalized spacial score (nSPS) is 11.9. The van der Waals surface area contributed by atoms with Gasteiger partial charge in [-0.15, -0.1) is 0 Å². The quantitative estimate of drug-likeness (QED) is 0.464. The van der Waals surface area contributed by atoms with Crippen molar-refractivity contribution in [2.45, 2.75) is 20.3 Å². The van der Waals surface area contributed by atoms with Crippen LogP contribution in [0.4, 0.5) is 10.1 Å². The van der Waals surface area contributed by atoms with Crippen LogP contribution >= 0.6 is 0 Å². The van der Waals surface area contributed by atoms with Crippen LogP contribution in [-0.2, 0) is 0 Å². The Morgan fingerprint density at radius 2 is 2.11 bits per heavy atom. The van der Waals surface area contributed by atoms with Crippen LogP contribution in [0.1, 0.15) is 30.6 Å². The van der Waals surface area contributed by atoms with Crippen molar-refractivity contribution >= 4 is 11.5 Å². The van der Waals surface area contributed by atoms with Crippen LogP contribution in [0.25, 0.3) is 0 Å². The van der Waals surface area contributed by atoms with Gasteiger partial charge in [0.05, 0.1) is 17.1 Å². The Balaban J connectivity index is 3.12. The van der Waals surface area contributed by atoms with Gasteiger partial charge in [0.15, 0.2) is 5.78 Å². The van der Waals surface area contributed by atoms with E-state index in [1.165, 1.54) is 0 Å². The number of benzene rings is 1. The van der Waals surface area contributed by atoms with Crippen LogP contribution in [0.3, 0.4) is 0 Å². The lowest BCUT2D eigenvalue weighted by atomic mass is 9.91. The number of Topliss-reactive ketones (excluding diaryl/α,β-unsaturated/α-hetero) is 1. The molecule has 1 aromatic rings. The number of hydrogen-bond donors (Lipinski definition) is 0. The van der Waals surface area contributed by atoms with Crippen LogP contribution in [-0.4, -0.2) is 10.7 Å². The summed E-state index contributed by atoms with van der Waals surface area (Å²) in [6.45, 7) is 3.71. The van der Waals surface area contributed by atoms with Crippen LogP contribution in [0, 0.1) is 39.1 Å². The summed E-state index contributed by atoms with van der Waals surface area (Å²) in [5, 5.41) is 19.6. The van der Waals surface area contributed by atoms with E-state index in [1.54, 1.807) is 0 Å². The summed E-state index contributed by atoms with van der Waals surface area (Å²) in [7, 11) is 0. The molecule has 0 heterocycles. The first kappa shape index (κ1) is 14.8. The minimum atomic E-state index is -0.915. The van der Waals surface area contributed by atoms with E-state index < -0.39 is 28.1 Å². The first-order valence-electron chi connectivity index (χ1n) is 5.74. The second kappa shape index (κ2) is 6.05. The molecule has 5 nitrogen and oxygen atoms in total. The molecule has 0 aliphatic rings. The molecule has 0 amide bonds. The summed E-state index contributed by atoms with van der Waals surface area (Å²) in [6, 6.07) is 4.51. The second-order valence-corrected chi connectivity index (χ2v) is 4.63. The smallest absolute Gasteiger partial charge is 0.273 e. The summed E-state index contributed by atoms with van der Waals surface area (Å²) in [6.07, 6.45) is 0.333. The van der Waals surface area contributed by atoms with Crippen molar-refractivity contribution in [3.63, 3.8) is 0 Å². The molecule has 19 heavy (non-hydrogen) atoms. The minimum Gasteiger partial charge on any atom is -0.293 e. The van der Waals surface area contributed by atoms with Gasteiger partial charge in [0.1, 0.15) is 11.7 Å². The molecular formula is C13H13FN2O3. The number of non-ortho nitro benzene ring substituents is 1. The maximum atomic E-state index is 13.2. The van der Waals surface area contributed by atoms with Gasteiger partial charge in [0.25, 0.3) is 5.69 Å². The number of carbonyl (C=O) groups excluding carboxylic acids is 1. The molecule has 0 N–H and O–H groups in total. The van der Waals surface area contributed by atoms with Gasteiger partial charge < -0.3 is 0 Å². The Morgan fingerprint density at radius 1 is 1.47 bits per heavy atom. The fraction of sp³-hybridized carbons (Fsp3) is 0.385. The predicted octanol–water partition coefficient (Wildman–Crippen LogP) is 3.10. The third kappa shape index (κ3) is 3.85.